The summed E-state index contributed by atoms with van der Waals surface area (Å²) >= 11 is 17.4. The van der Waals surface area contributed by atoms with Crippen molar-refractivity contribution in [2.45, 2.75) is 18.9 Å². The quantitative estimate of drug-likeness (QED) is 0.822. The fraction of sp³-hybridized carbons (Fsp3) is 0.417. The first-order valence-electron chi connectivity index (χ1n) is 5.38. The summed E-state index contributed by atoms with van der Waals surface area (Å²) in [5.74, 6) is -0.775. The van der Waals surface area contributed by atoms with Crippen LogP contribution >= 0.6 is 34.8 Å². The summed E-state index contributed by atoms with van der Waals surface area (Å²) in [6, 6.07) is 4.06. The van der Waals surface area contributed by atoms with E-state index >= 15 is 0 Å². The summed E-state index contributed by atoms with van der Waals surface area (Å²) < 4.78 is 13.3. The number of benzene rings is 1. The van der Waals surface area contributed by atoms with Crippen LogP contribution in [0.4, 0.5) is 4.39 Å². The van der Waals surface area contributed by atoms with E-state index in [9.17, 15) is 9.18 Å². The Labute approximate surface area is 120 Å². The maximum atomic E-state index is 13.3. The van der Waals surface area contributed by atoms with Crippen LogP contribution in [0, 0.1) is 5.82 Å². The maximum absolute atomic E-state index is 13.3. The van der Waals surface area contributed by atoms with Gasteiger partial charge in [-0.25, -0.2) is 4.39 Å². The highest BCUT2D eigenvalue weighted by molar-refractivity contribution is 6.34. The van der Waals surface area contributed by atoms with Gasteiger partial charge in [0.2, 0.25) is 0 Å². The normalized spacial score (nSPS) is 11.4. The van der Waals surface area contributed by atoms with Gasteiger partial charge < -0.3 is 5.32 Å². The molecule has 1 aromatic carbocycles. The van der Waals surface area contributed by atoms with Crippen LogP contribution in [0.5, 0.6) is 0 Å². The first-order valence-corrected chi connectivity index (χ1v) is 6.83. The second-order valence-electron chi connectivity index (χ2n) is 3.96. The van der Waals surface area contributed by atoms with Crippen molar-refractivity contribution in [2.24, 2.45) is 0 Å². The Hall–Kier alpha value is -0.510. The van der Waals surface area contributed by atoms with Gasteiger partial charge in [0.15, 0.2) is 0 Å². The fourth-order valence-electron chi connectivity index (χ4n) is 1.37. The van der Waals surface area contributed by atoms with Crippen LogP contribution in [-0.4, -0.2) is 23.2 Å². The Morgan fingerprint density at radius 1 is 1.39 bits per heavy atom. The van der Waals surface area contributed by atoms with Crippen molar-refractivity contribution in [1.29, 1.82) is 0 Å². The zero-order valence-corrected chi connectivity index (χ0v) is 12.0. The van der Waals surface area contributed by atoms with E-state index < -0.39 is 17.3 Å². The van der Waals surface area contributed by atoms with E-state index in [1.54, 1.807) is 0 Å². The Kier molecular flexibility index (Phi) is 5.70. The summed E-state index contributed by atoms with van der Waals surface area (Å²) in [7, 11) is 0. The van der Waals surface area contributed by atoms with Crippen LogP contribution in [0.3, 0.4) is 0 Å². The highest BCUT2D eigenvalue weighted by atomic mass is 35.5. The van der Waals surface area contributed by atoms with Crippen LogP contribution in [0.15, 0.2) is 18.2 Å². The molecule has 100 valence electrons. The minimum atomic E-state index is -0.712. The Bertz CT molecular complexity index is 427. The fourth-order valence-corrected chi connectivity index (χ4v) is 2.38. The smallest absolute Gasteiger partial charge is 0.253 e. The standard InChI is InChI=1S/C12H13Cl3FNO/c1-2-12(6-13,7-14)17-11(18)8-4-3-5-9(16)10(8)15/h3-5H,2,6-7H2,1H3,(H,17,18). The molecule has 6 heteroatoms. The highest BCUT2D eigenvalue weighted by Crippen LogP contribution is 2.22. The van der Waals surface area contributed by atoms with Gasteiger partial charge in [0, 0.05) is 11.8 Å². The zero-order chi connectivity index (χ0) is 13.8. The third kappa shape index (κ3) is 3.28. The Morgan fingerprint density at radius 2 is 2.00 bits per heavy atom. The first kappa shape index (κ1) is 15.5. The van der Waals surface area contributed by atoms with E-state index in [0.717, 1.165) is 0 Å². The third-order valence-electron chi connectivity index (χ3n) is 2.76. The van der Waals surface area contributed by atoms with Gasteiger partial charge in [-0.05, 0) is 18.6 Å². The van der Waals surface area contributed by atoms with Crippen LogP contribution in [0.1, 0.15) is 23.7 Å². The lowest BCUT2D eigenvalue weighted by Gasteiger charge is -2.29. The number of carbonyl (C=O) groups excluding carboxylic acids is 1. The second kappa shape index (κ2) is 6.60. The molecular weight excluding hydrogens is 299 g/mol. The zero-order valence-electron chi connectivity index (χ0n) is 9.77. The number of halogens is 4. The number of alkyl halides is 2. The molecule has 0 aliphatic heterocycles. The number of hydrogen-bond acceptors (Lipinski definition) is 1. The lowest BCUT2D eigenvalue weighted by atomic mass is 10.0. The third-order valence-corrected chi connectivity index (χ3v) is 4.17. The van der Waals surface area contributed by atoms with E-state index in [-0.39, 0.29) is 22.3 Å². The number of hydrogen-bond donors (Lipinski definition) is 1. The summed E-state index contributed by atoms with van der Waals surface area (Å²) in [5.41, 5.74) is -0.639. The molecule has 0 bridgehead atoms. The average molecular weight is 313 g/mol. The number of carbonyl (C=O) groups is 1. The molecule has 1 rings (SSSR count). The van der Waals surface area contributed by atoms with Crippen molar-refractivity contribution >= 4 is 40.7 Å². The minimum Gasteiger partial charge on any atom is -0.344 e. The lowest BCUT2D eigenvalue weighted by molar-refractivity contribution is 0.0913. The summed E-state index contributed by atoms with van der Waals surface area (Å²) in [5, 5.41) is 2.51. The van der Waals surface area contributed by atoms with Gasteiger partial charge in [0.25, 0.3) is 5.91 Å². The van der Waals surface area contributed by atoms with Gasteiger partial charge in [-0.3, -0.25) is 4.79 Å². The van der Waals surface area contributed by atoms with E-state index in [4.69, 9.17) is 34.8 Å². The molecule has 0 aliphatic rings. The molecular formula is C12H13Cl3FNO. The van der Waals surface area contributed by atoms with E-state index in [1.165, 1.54) is 18.2 Å². The van der Waals surface area contributed by atoms with Crippen LogP contribution < -0.4 is 5.32 Å². The SMILES string of the molecule is CCC(CCl)(CCl)NC(=O)c1cccc(F)c1Cl. The molecule has 1 N–H and O–H groups in total. The summed E-state index contributed by atoms with van der Waals surface area (Å²) in [4.78, 5) is 12.0. The predicted molar refractivity (Wildman–Crippen MR) is 73.3 cm³/mol. The van der Waals surface area contributed by atoms with Crippen molar-refractivity contribution in [3.8, 4) is 0 Å². The Balaban J connectivity index is 2.98. The van der Waals surface area contributed by atoms with Gasteiger partial charge in [0.1, 0.15) is 5.82 Å². The molecule has 0 aromatic heterocycles. The lowest BCUT2D eigenvalue weighted by Crippen LogP contribution is -2.51. The van der Waals surface area contributed by atoms with Crippen molar-refractivity contribution < 1.29 is 9.18 Å². The van der Waals surface area contributed by atoms with Gasteiger partial charge in [-0.1, -0.05) is 24.6 Å². The number of nitrogens with one attached hydrogen (secondary N) is 1. The van der Waals surface area contributed by atoms with Crippen LogP contribution in [0.25, 0.3) is 0 Å². The van der Waals surface area contributed by atoms with Crippen LogP contribution in [0.2, 0.25) is 5.02 Å². The molecule has 18 heavy (non-hydrogen) atoms. The van der Waals surface area contributed by atoms with E-state index in [1.807, 2.05) is 6.92 Å². The molecule has 0 unspecified atom stereocenters. The van der Waals surface area contributed by atoms with Gasteiger partial charge >= 0.3 is 0 Å². The molecule has 0 atom stereocenters. The number of amides is 1. The summed E-state index contributed by atoms with van der Waals surface area (Å²) in [6.07, 6.45) is 0.568. The molecule has 0 fully saturated rings. The summed E-state index contributed by atoms with van der Waals surface area (Å²) in [6.45, 7) is 1.86. The molecule has 1 aromatic rings. The molecule has 0 saturated heterocycles. The largest absolute Gasteiger partial charge is 0.344 e. The van der Waals surface area contributed by atoms with E-state index in [2.05, 4.69) is 5.32 Å². The molecule has 0 aliphatic carbocycles. The van der Waals surface area contributed by atoms with E-state index in [0.29, 0.717) is 6.42 Å². The molecule has 0 radical (unpaired) electrons. The topological polar surface area (TPSA) is 29.1 Å². The highest BCUT2D eigenvalue weighted by Gasteiger charge is 2.29. The van der Waals surface area contributed by atoms with Crippen molar-refractivity contribution in [3.05, 3.63) is 34.6 Å². The average Bonchev–Trinajstić information content (AvgIpc) is 2.39. The molecule has 0 saturated carbocycles. The van der Waals surface area contributed by atoms with Crippen molar-refractivity contribution in [1.82, 2.24) is 5.32 Å². The van der Waals surface area contributed by atoms with Gasteiger partial charge in [-0.15, -0.1) is 23.2 Å². The molecule has 1 amide bonds. The molecule has 0 heterocycles. The maximum Gasteiger partial charge on any atom is 0.253 e. The van der Waals surface area contributed by atoms with Crippen molar-refractivity contribution in [2.75, 3.05) is 11.8 Å². The minimum absolute atomic E-state index is 0.0738. The number of rotatable bonds is 5. The monoisotopic (exact) mass is 311 g/mol. The first-order chi connectivity index (χ1) is 8.49. The second-order valence-corrected chi connectivity index (χ2v) is 4.87. The van der Waals surface area contributed by atoms with Crippen LogP contribution in [-0.2, 0) is 0 Å². The Morgan fingerprint density at radius 3 is 2.50 bits per heavy atom. The van der Waals surface area contributed by atoms with Gasteiger partial charge in [0.05, 0.1) is 16.1 Å². The van der Waals surface area contributed by atoms with Gasteiger partial charge in [-0.2, -0.15) is 0 Å². The van der Waals surface area contributed by atoms with Crippen molar-refractivity contribution in [3.63, 3.8) is 0 Å². The molecule has 0 spiro atoms. The predicted octanol–water partition coefficient (Wildman–Crippen LogP) is 3.84. The molecule has 2 nitrogen and oxygen atoms in total.